The second-order valence-corrected chi connectivity index (χ2v) is 6.48. The maximum Gasteiger partial charge on any atom is 0.191 e. The Morgan fingerprint density at radius 2 is 2.10 bits per heavy atom. The van der Waals surface area contributed by atoms with E-state index in [4.69, 9.17) is 0 Å². The fourth-order valence-electron chi connectivity index (χ4n) is 2.34. The predicted octanol–water partition coefficient (Wildman–Crippen LogP) is 3.07. The number of nitrogens with one attached hydrogen (secondary N) is 2. The number of hydrogen-bond donors (Lipinski definition) is 2. The maximum absolute atomic E-state index is 13.4. The first kappa shape index (κ1) is 15.8. The molecule has 1 aromatic carbocycles. The van der Waals surface area contributed by atoms with Crippen molar-refractivity contribution in [2.24, 2.45) is 10.9 Å². The lowest BCUT2D eigenvalue weighted by molar-refractivity contribution is 0.502. The van der Waals surface area contributed by atoms with Crippen molar-refractivity contribution in [3.05, 3.63) is 35.6 Å². The Morgan fingerprint density at radius 1 is 1.33 bits per heavy atom. The van der Waals surface area contributed by atoms with E-state index in [9.17, 15) is 4.39 Å². The average Bonchev–Trinajstić information content (AvgIpc) is 3.27. The van der Waals surface area contributed by atoms with Crippen LogP contribution >= 0.6 is 0 Å². The van der Waals surface area contributed by atoms with Gasteiger partial charge in [-0.15, -0.1) is 0 Å². The van der Waals surface area contributed by atoms with Gasteiger partial charge in [0.05, 0.1) is 0 Å². The van der Waals surface area contributed by atoms with Gasteiger partial charge in [0.2, 0.25) is 0 Å². The zero-order valence-electron chi connectivity index (χ0n) is 13.2. The van der Waals surface area contributed by atoms with Gasteiger partial charge in [-0.2, -0.15) is 0 Å². The van der Waals surface area contributed by atoms with Crippen LogP contribution in [0.1, 0.15) is 38.7 Å². The van der Waals surface area contributed by atoms with Crippen molar-refractivity contribution in [2.75, 3.05) is 20.1 Å². The van der Waals surface area contributed by atoms with Crippen LogP contribution in [0.3, 0.4) is 0 Å². The molecule has 1 aromatic rings. The number of aliphatic imine (C=N–C) groups is 1. The van der Waals surface area contributed by atoms with Crippen LogP contribution in [0.25, 0.3) is 0 Å². The van der Waals surface area contributed by atoms with Gasteiger partial charge in [-0.05, 0) is 30.0 Å². The molecule has 0 amide bonds. The van der Waals surface area contributed by atoms with Crippen molar-refractivity contribution in [3.63, 3.8) is 0 Å². The van der Waals surface area contributed by atoms with Gasteiger partial charge in [-0.3, -0.25) is 4.99 Å². The van der Waals surface area contributed by atoms with Crippen LogP contribution in [0.15, 0.2) is 29.3 Å². The molecule has 0 unspecified atom stereocenters. The average molecular weight is 291 g/mol. The molecule has 0 radical (unpaired) electrons. The lowest BCUT2D eigenvalue weighted by Gasteiger charge is -2.26. The molecule has 1 saturated carbocycles. The van der Waals surface area contributed by atoms with E-state index < -0.39 is 0 Å². The summed E-state index contributed by atoms with van der Waals surface area (Å²) in [5, 5.41) is 6.68. The van der Waals surface area contributed by atoms with Crippen LogP contribution in [0, 0.1) is 11.7 Å². The first-order valence-electron chi connectivity index (χ1n) is 7.72. The zero-order valence-corrected chi connectivity index (χ0v) is 13.2. The van der Waals surface area contributed by atoms with Crippen LogP contribution in [0.2, 0.25) is 0 Å². The number of benzene rings is 1. The van der Waals surface area contributed by atoms with E-state index >= 15 is 0 Å². The third-order valence-electron chi connectivity index (χ3n) is 4.07. The number of nitrogens with zero attached hydrogens (tertiary/aromatic N) is 1. The topological polar surface area (TPSA) is 36.4 Å². The molecule has 1 fully saturated rings. The largest absolute Gasteiger partial charge is 0.356 e. The monoisotopic (exact) mass is 291 g/mol. The number of halogens is 1. The Labute approximate surface area is 127 Å². The summed E-state index contributed by atoms with van der Waals surface area (Å²) in [5.41, 5.74) is 0.833. The molecule has 0 aromatic heterocycles. The summed E-state index contributed by atoms with van der Waals surface area (Å²) in [6, 6.07) is 6.81. The number of guanidine groups is 1. The van der Waals surface area contributed by atoms with Crippen LogP contribution < -0.4 is 10.6 Å². The van der Waals surface area contributed by atoms with Crippen molar-refractivity contribution < 1.29 is 4.39 Å². The van der Waals surface area contributed by atoms with Gasteiger partial charge < -0.3 is 10.6 Å². The molecule has 21 heavy (non-hydrogen) atoms. The van der Waals surface area contributed by atoms with Gasteiger partial charge >= 0.3 is 0 Å². The van der Waals surface area contributed by atoms with Crippen LogP contribution in [0.5, 0.6) is 0 Å². The summed E-state index contributed by atoms with van der Waals surface area (Å²) < 4.78 is 13.4. The van der Waals surface area contributed by atoms with E-state index in [-0.39, 0.29) is 11.2 Å². The van der Waals surface area contributed by atoms with Crippen molar-refractivity contribution in [1.82, 2.24) is 10.6 Å². The highest BCUT2D eigenvalue weighted by molar-refractivity contribution is 5.79. The molecule has 0 aliphatic heterocycles. The highest BCUT2D eigenvalue weighted by atomic mass is 19.1. The summed E-state index contributed by atoms with van der Waals surface area (Å²) >= 11 is 0. The van der Waals surface area contributed by atoms with Crippen LogP contribution in [0.4, 0.5) is 4.39 Å². The Hall–Kier alpha value is -1.58. The summed E-state index contributed by atoms with van der Waals surface area (Å²) in [6.07, 6.45) is 3.97. The fraction of sp³-hybridized carbons (Fsp3) is 0.588. The first-order chi connectivity index (χ1) is 10.0. The van der Waals surface area contributed by atoms with E-state index in [0.29, 0.717) is 6.54 Å². The van der Waals surface area contributed by atoms with Crippen molar-refractivity contribution in [1.29, 1.82) is 0 Å². The van der Waals surface area contributed by atoms with E-state index in [1.54, 1.807) is 19.2 Å². The van der Waals surface area contributed by atoms with Gasteiger partial charge in [0, 0.05) is 25.6 Å². The predicted molar refractivity (Wildman–Crippen MR) is 86.1 cm³/mol. The van der Waals surface area contributed by atoms with Crippen molar-refractivity contribution in [3.8, 4) is 0 Å². The van der Waals surface area contributed by atoms with E-state index in [1.807, 2.05) is 6.07 Å². The summed E-state index contributed by atoms with van der Waals surface area (Å²) in [6.45, 7) is 5.88. The SMILES string of the molecule is CN=C(NCCC1CC1)NCC(C)(C)c1cccc(F)c1. The smallest absolute Gasteiger partial charge is 0.191 e. The van der Waals surface area contributed by atoms with Crippen LogP contribution in [-0.2, 0) is 5.41 Å². The third-order valence-corrected chi connectivity index (χ3v) is 4.07. The fourth-order valence-corrected chi connectivity index (χ4v) is 2.34. The molecule has 4 heteroatoms. The van der Waals surface area contributed by atoms with Crippen LogP contribution in [-0.4, -0.2) is 26.1 Å². The minimum absolute atomic E-state index is 0.157. The second-order valence-electron chi connectivity index (χ2n) is 6.48. The van der Waals surface area contributed by atoms with Gasteiger partial charge in [0.1, 0.15) is 5.82 Å². The molecular weight excluding hydrogens is 265 g/mol. The molecule has 3 nitrogen and oxygen atoms in total. The highest BCUT2D eigenvalue weighted by Gasteiger charge is 2.22. The maximum atomic E-state index is 13.4. The Morgan fingerprint density at radius 3 is 2.71 bits per heavy atom. The Kier molecular flexibility index (Phi) is 5.21. The van der Waals surface area contributed by atoms with Gasteiger partial charge in [0.15, 0.2) is 5.96 Å². The van der Waals surface area contributed by atoms with Crippen molar-refractivity contribution >= 4 is 5.96 Å². The van der Waals surface area contributed by atoms with Gasteiger partial charge in [0.25, 0.3) is 0 Å². The Balaban J connectivity index is 1.83. The molecule has 1 aliphatic carbocycles. The number of hydrogen-bond acceptors (Lipinski definition) is 1. The third kappa shape index (κ3) is 5.03. The minimum atomic E-state index is -0.187. The van der Waals surface area contributed by atoms with Crippen molar-refractivity contribution in [2.45, 2.75) is 38.5 Å². The van der Waals surface area contributed by atoms with E-state index in [0.717, 1.165) is 24.0 Å². The molecule has 2 rings (SSSR count). The molecule has 1 aliphatic rings. The molecule has 2 N–H and O–H groups in total. The molecule has 0 atom stereocenters. The molecule has 0 heterocycles. The molecule has 0 spiro atoms. The second kappa shape index (κ2) is 6.92. The minimum Gasteiger partial charge on any atom is -0.356 e. The van der Waals surface area contributed by atoms with Gasteiger partial charge in [-0.25, -0.2) is 4.39 Å². The summed E-state index contributed by atoms with van der Waals surface area (Å²) in [7, 11) is 1.78. The standard InChI is InChI=1S/C17H26FN3/c1-17(2,14-5-4-6-15(18)11-14)12-21-16(19-3)20-10-9-13-7-8-13/h4-6,11,13H,7-10,12H2,1-3H3,(H2,19,20,21). The first-order valence-corrected chi connectivity index (χ1v) is 7.72. The quantitative estimate of drug-likeness (QED) is 0.624. The Bertz CT molecular complexity index is 493. The summed E-state index contributed by atoms with van der Waals surface area (Å²) in [5.74, 6) is 1.55. The van der Waals surface area contributed by atoms with Gasteiger partial charge in [-0.1, -0.05) is 38.8 Å². The molecule has 0 saturated heterocycles. The molecule has 116 valence electrons. The zero-order chi connectivity index (χ0) is 15.3. The number of rotatable bonds is 6. The normalized spacial score (nSPS) is 15.9. The van der Waals surface area contributed by atoms with E-state index in [1.165, 1.54) is 25.3 Å². The molecular formula is C17H26FN3. The summed E-state index contributed by atoms with van der Waals surface area (Å²) in [4.78, 5) is 4.24. The molecule has 0 bridgehead atoms. The highest BCUT2D eigenvalue weighted by Crippen LogP contribution is 2.31. The lowest BCUT2D eigenvalue weighted by Crippen LogP contribution is -2.43. The van der Waals surface area contributed by atoms with E-state index in [2.05, 4.69) is 29.5 Å². The lowest BCUT2D eigenvalue weighted by atomic mass is 9.84.